The first-order chi connectivity index (χ1) is 11.9. The van der Waals surface area contributed by atoms with E-state index in [0.717, 1.165) is 5.56 Å². The lowest BCUT2D eigenvalue weighted by Gasteiger charge is -2.17. The molecule has 0 aliphatic heterocycles. The SMILES string of the molecule is CC[C@H](C(=O)Nc1ccc(Cl)cc1)n1cnc2oc(C)c(C)c2c1=O. The molecule has 0 aliphatic rings. The first kappa shape index (κ1) is 17.2. The lowest BCUT2D eigenvalue weighted by molar-refractivity contribution is -0.119. The van der Waals surface area contributed by atoms with Gasteiger partial charge in [-0.3, -0.25) is 14.2 Å². The van der Waals surface area contributed by atoms with Gasteiger partial charge in [0, 0.05) is 16.3 Å². The van der Waals surface area contributed by atoms with Gasteiger partial charge in [-0.05, 0) is 44.5 Å². The van der Waals surface area contributed by atoms with Gasteiger partial charge in [0.15, 0.2) is 0 Å². The summed E-state index contributed by atoms with van der Waals surface area (Å²) in [5, 5.41) is 3.80. The van der Waals surface area contributed by atoms with Gasteiger partial charge in [0.25, 0.3) is 5.56 Å². The Morgan fingerprint density at radius 2 is 2.00 bits per heavy atom. The zero-order valence-electron chi connectivity index (χ0n) is 14.2. The molecule has 1 aromatic carbocycles. The van der Waals surface area contributed by atoms with Crippen LogP contribution in [-0.4, -0.2) is 15.5 Å². The number of carbonyl (C=O) groups is 1. The molecule has 3 aromatic rings. The number of nitrogens with zero attached hydrogens (tertiary/aromatic N) is 2. The van der Waals surface area contributed by atoms with Crippen molar-refractivity contribution in [3.8, 4) is 0 Å². The minimum atomic E-state index is -0.672. The molecule has 1 N–H and O–H groups in total. The van der Waals surface area contributed by atoms with E-state index in [9.17, 15) is 9.59 Å². The van der Waals surface area contributed by atoms with Crippen LogP contribution in [0.4, 0.5) is 5.69 Å². The Bertz CT molecular complexity index is 989. The number of nitrogens with one attached hydrogen (secondary N) is 1. The maximum absolute atomic E-state index is 12.8. The molecule has 130 valence electrons. The van der Waals surface area contributed by atoms with Crippen molar-refractivity contribution in [1.29, 1.82) is 0 Å². The minimum absolute atomic E-state index is 0.280. The zero-order chi connectivity index (χ0) is 18.1. The van der Waals surface area contributed by atoms with Crippen molar-refractivity contribution in [2.75, 3.05) is 5.32 Å². The number of anilines is 1. The summed E-state index contributed by atoms with van der Waals surface area (Å²) in [6.45, 7) is 5.44. The molecule has 2 heterocycles. The average Bonchev–Trinajstić information content (AvgIpc) is 2.88. The number of hydrogen-bond acceptors (Lipinski definition) is 4. The van der Waals surface area contributed by atoms with Crippen LogP contribution >= 0.6 is 11.6 Å². The van der Waals surface area contributed by atoms with Crippen molar-refractivity contribution in [3.63, 3.8) is 0 Å². The molecule has 0 saturated carbocycles. The van der Waals surface area contributed by atoms with Gasteiger partial charge in [-0.1, -0.05) is 18.5 Å². The van der Waals surface area contributed by atoms with Crippen LogP contribution in [0.1, 0.15) is 30.7 Å². The summed E-state index contributed by atoms with van der Waals surface area (Å²) in [4.78, 5) is 29.7. The Labute approximate surface area is 149 Å². The third kappa shape index (κ3) is 3.17. The van der Waals surface area contributed by atoms with Crippen LogP contribution in [0.25, 0.3) is 11.1 Å². The Hall–Kier alpha value is -2.60. The summed E-state index contributed by atoms with van der Waals surface area (Å²) in [5.74, 6) is 0.363. The minimum Gasteiger partial charge on any atom is -0.443 e. The number of carbonyl (C=O) groups excluding carboxylic acids is 1. The van der Waals surface area contributed by atoms with Crippen molar-refractivity contribution < 1.29 is 9.21 Å². The van der Waals surface area contributed by atoms with Crippen molar-refractivity contribution >= 4 is 34.3 Å². The van der Waals surface area contributed by atoms with Crippen LogP contribution in [-0.2, 0) is 4.79 Å². The molecular formula is C18H18ClN3O3. The van der Waals surface area contributed by atoms with E-state index in [1.165, 1.54) is 10.9 Å². The van der Waals surface area contributed by atoms with E-state index in [-0.39, 0.29) is 11.5 Å². The summed E-state index contributed by atoms with van der Waals surface area (Å²) >= 11 is 5.85. The van der Waals surface area contributed by atoms with E-state index in [1.807, 2.05) is 13.8 Å². The Balaban J connectivity index is 1.97. The van der Waals surface area contributed by atoms with E-state index in [2.05, 4.69) is 10.3 Å². The monoisotopic (exact) mass is 359 g/mol. The predicted molar refractivity (Wildman–Crippen MR) is 97.2 cm³/mol. The van der Waals surface area contributed by atoms with Crippen LogP contribution in [0, 0.1) is 13.8 Å². The highest BCUT2D eigenvalue weighted by Crippen LogP contribution is 2.21. The number of benzene rings is 1. The summed E-state index contributed by atoms with van der Waals surface area (Å²) in [6.07, 6.45) is 1.81. The largest absolute Gasteiger partial charge is 0.443 e. The molecule has 0 saturated heterocycles. The van der Waals surface area contributed by atoms with Crippen LogP contribution in [0.5, 0.6) is 0 Å². The lowest BCUT2D eigenvalue weighted by Crippen LogP contribution is -2.33. The molecule has 0 unspecified atom stereocenters. The van der Waals surface area contributed by atoms with Crippen molar-refractivity contribution in [2.24, 2.45) is 0 Å². The van der Waals surface area contributed by atoms with Gasteiger partial charge < -0.3 is 9.73 Å². The number of furan rings is 1. The zero-order valence-corrected chi connectivity index (χ0v) is 14.9. The summed E-state index contributed by atoms with van der Waals surface area (Å²) < 4.78 is 6.83. The van der Waals surface area contributed by atoms with E-state index in [0.29, 0.717) is 34.0 Å². The van der Waals surface area contributed by atoms with Crippen molar-refractivity contribution in [2.45, 2.75) is 33.2 Å². The van der Waals surface area contributed by atoms with Gasteiger partial charge in [0.05, 0.1) is 0 Å². The third-order valence-electron chi connectivity index (χ3n) is 4.25. The molecular weight excluding hydrogens is 342 g/mol. The molecule has 1 atom stereocenters. The van der Waals surface area contributed by atoms with Gasteiger partial charge in [0.1, 0.15) is 23.5 Å². The normalized spacial score (nSPS) is 12.3. The molecule has 1 amide bonds. The molecule has 6 nitrogen and oxygen atoms in total. The van der Waals surface area contributed by atoms with E-state index in [4.69, 9.17) is 16.0 Å². The molecule has 2 aromatic heterocycles. The highest BCUT2D eigenvalue weighted by atomic mass is 35.5. The maximum atomic E-state index is 12.8. The highest BCUT2D eigenvalue weighted by Gasteiger charge is 2.23. The molecule has 7 heteroatoms. The second-order valence-electron chi connectivity index (χ2n) is 5.84. The van der Waals surface area contributed by atoms with Crippen LogP contribution in [0.15, 0.2) is 39.8 Å². The fraction of sp³-hybridized carbons (Fsp3) is 0.278. The van der Waals surface area contributed by atoms with Gasteiger partial charge in [0.2, 0.25) is 11.6 Å². The fourth-order valence-electron chi connectivity index (χ4n) is 2.74. The van der Waals surface area contributed by atoms with Gasteiger partial charge in [-0.25, -0.2) is 4.98 Å². The summed E-state index contributed by atoms with van der Waals surface area (Å²) in [7, 11) is 0. The van der Waals surface area contributed by atoms with Crippen molar-refractivity contribution in [1.82, 2.24) is 9.55 Å². The molecule has 0 bridgehead atoms. The fourth-order valence-corrected chi connectivity index (χ4v) is 2.86. The third-order valence-corrected chi connectivity index (χ3v) is 4.50. The number of fused-ring (bicyclic) bond motifs is 1. The molecule has 0 aliphatic carbocycles. The van der Waals surface area contributed by atoms with E-state index in [1.54, 1.807) is 31.2 Å². The number of hydrogen-bond donors (Lipinski definition) is 1. The molecule has 0 fully saturated rings. The topological polar surface area (TPSA) is 77.1 Å². The maximum Gasteiger partial charge on any atom is 0.265 e. The van der Waals surface area contributed by atoms with E-state index >= 15 is 0 Å². The molecule has 25 heavy (non-hydrogen) atoms. The van der Waals surface area contributed by atoms with Gasteiger partial charge in [-0.2, -0.15) is 0 Å². The highest BCUT2D eigenvalue weighted by molar-refractivity contribution is 6.30. The number of halogens is 1. The molecule has 3 rings (SSSR count). The lowest BCUT2D eigenvalue weighted by atomic mass is 10.1. The Morgan fingerprint density at radius 1 is 1.32 bits per heavy atom. The number of aryl methyl sites for hydroxylation is 2. The summed E-state index contributed by atoms with van der Waals surface area (Å²) in [5.41, 5.74) is 1.38. The Morgan fingerprint density at radius 3 is 2.64 bits per heavy atom. The summed E-state index contributed by atoms with van der Waals surface area (Å²) in [6, 6.07) is 6.13. The van der Waals surface area contributed by atoms with E-state index < -0.39 is 6.04 Å². The van der Waals surface area contributed by atoms with Crippen LogP contribution < -0.4 is 10.9 Å². The van der Waals surface area contributed by atoms with Gasteiger partial charge in [-0.15, -0.1) is 0 Å². The average molecular weight is 360 g/mol. The predicted octanol–water partition coefficient (Wildman–Crippen LogP) is 3.85. The van der Waals surface area contributed by atoms with Gasteiger partial charge >= 0.3 is 0 Å². The molecule has 0 spiro atoms. The number of rotatable bonds is 4. The molecule has 0 radical (unpaired) electrons. The number of aromatic nitrogens is 2. The standard InChI is InChI=1S/C18H18ClN3O3/c1-4-14(16(23)21-13-7-5-12(19)6-8-13)22-9-20-17-15(18(22)24)10(2)11(3)25-17/h5-9,14H,4H2,1-3H3,(H,21,23)/t14-/m1/s1. The Kier molecular flexibility index (Phi) is 4.63. The smallest absolute Gasteiger partial charge is 0.265 e. The quantitative estimate of drug-likeness (QED) is 0.767. The number of amides is 1. The van der Waals surface area contributed by atoms with Crippen molar-refractivity contribution in [3.05, 3.63) is 57.3 Å². The first-order valence-electron chi connectivity index (χ1n) is 7.95. The first-order valence-corrected chi connectivity index (χ1v) is 8.33. The second kappa shape index (κ2) is 6.72. The second-order valence-corrected chi connectivity index (χ2v) is 6.28. The van der Waals surface area contributed by atoms with Crippen LogP contribution in [0.2, 0.25) is 5.02 Å². The van der Waals surface area contributed by atoms with Crippen LogP contribution in [0.3, 0.4) is 0 Å².